The Morgan fingerprint density at radius 3 is 2.64 bits per heavy atom. The first-order chi connectivity index (χ1) is 12.9. The number of anilines is 1. The van der Waals surface area contributed by atoms with Crippen molar-refractivity contribution in [3.63, 3.8) is 0 Å². The Bertz CT molecular complexity index is 764. The third kappa shape index (κ3) is 4.90. The molecule has 0 bridgehead atoms. The number of carbonyl (C=O) groups excluding carboxylic acids is 1. The maximum absolute atomic E-state index is 12.8. The summed E-state index contributed by atoms with van der Waals surface area (Å²) in [5.41, 5.74) is -1.78. The predicted octanol–water partition coefficient (Wildman–Crippen LogP) is 1.42. The van der Waals surface area contributed by atoms with Gasteiger partial charge in [-0.25, -0.2) is 9.97 Å². The van der Waals surface area contributed by atoms with Crippen LogP contribution in [0.15, 0.2) is 30.7 Å². The number of aromatic nitrogens is 4. The Kier molecular flexibility index (Phi) is 7.19. The molecule has 0 aromatic carbocycles. The third-order valence-electron chi connectivity index (χ3n) is 4.44. The van der Waals surface area contributed by atoms with Crippen LogP contribution in [0.3, 0.4) is 0 Å². The first-order valence-corrected chi connectivity index (χ1v) is 8.55. The van der Waals surface area contributed by atoms with Crippen LogP contribution in [-0.2, 0) is 16.5 Å². The molecule has 1 amide bonds. The number of carbonyl (C=O) groups is 1. The van der Waals surface area contributed by atoms with Gasteiger partial charge in [-0.2, -0.15) is 18.3 Å². The van der Waals surface area contributed by atoms with Gasteiger partial charge >= 0.3 is 6.18 Å². The van der Waals surface area contributed by atoms with E-state index in [-0.39, 0.29) is 37.4 Å². The molecule has 3 rings (SSSR count). The van der Waals surface area contributed by atoms with Crippen molar-refractivity contribution < 1.29 is 18.0 Å². The fourth-order valence-corrected chi connectivity index (χ4v) is 3.04. The topological polar surface area (TPSA) is 96.8 Å². The minimum Gasteiger partial charge on any atom is -0.352 e. The largest absolute Gasteiger partial charge is 0.433 e. The molecule has 3 N–H and O–H groups in total. The van der Waals surface area contributed by atoms with Gasteiger partial charge in [-0.05, 0) is 38.1 Å². The molecule has 1 fully saturated rings. The van der Waals surface area contributed by atoms with Crippen LogP contribution < -0.4 is 16.0 Å². The number of hydrogen-bond donors (Lipinski definition) is 3. The van der Waals surface area contributed by atoms with E-state index in [1.807, 2.05) is 0 Å². The Balaban J connectivity index is 0.00000280. The van der Waals surface area contributed by atoms with Gasteiger partial charge < -0.3 is 16.0 Å². The summed E-state index contributed by atoms with van der Waals surface area (Å²) in [6.45, 7) is 1.81. The van der Waals surface area contributed by atoms with Gasteiger partial charge in [0.25, 0.3) is 0 Å². The standard InChI is InChI=1S/C16H20F3N7O.ClH/c17-16(18,19)12-2-6-22-14(25-12)23-10-9-21-13(27)15(3-7-20-8-4-15)26-11-1-5-24-26;/h1-2,5-6,11,20H,3-4,7-10H2,(H,21,27)(H,22,23,25);1H. The van der Waals surface area contributed by atoms with Crippen molar-refractivity contribution in [2.24, 2.45) is 0 Å². The van der Waals surface area contributed by atoms with E-state index in [1.54, 1.807) is 23.1 Å². The second kappa shape index (κ2) is 9.20. The van der Waals surface area contributed by atoms with E-state index in [9.17, 15) is 18.0 Å². The van der Waals surface area contributed by atoms with Crippen molar-refractivity contribution in [3.05, 3.63) is 36.4 Å². The highest BCUT2D eigenvalue weighted by molar-refractivity contribution is 5.85. The van der Waals surface area contributed by atoms with Crippen LogP contribution in [0.25, 0.3) is 0 Å². The molecule has 0 radical (unpaired) electrons. The Labute approximate surface area is 165 Å². The monoisotopic (exact) mass is 419 g/mol. The number of amides is 1. The van der Waals surface area contributed by atoms with Crippen LogP contribution in [0.5, 0.6) is 0 Å². The third-order valence-corrected chi connectivity index (χ3v) is 4.44. The van der Waals surface area contributed by atoms with Gasteiger partial charge in [0.1, 0.15) is 11.2 Å². The lowest BCUT2D eigenvalue weighted by Crippen LogP contribution is -2.55. The summed E-state index contributed by atoms with van der Waals surface area (Å²) in [6, 6.07) is 2.57. The van der Waals surface area contributed by atoms with Gasteiger partial charge in [-0.15, -0.1) is 12.4 Å². The molecule has 28 heavy (non-hydrogen) atoms. The van der Waals surface area contributed by atoms with E-state index >= 15 is 0 Å². The summed E-state index contributed by atoms with van der Waals surface area (Å²) < 4.78 is 39.6. The lowest BCUT2D eigenvalue weighted by molar-refractivity contribution is -0.141. The zero-order valence-electron chi connectivity index (χ0n) is 14.9. The molecule has 0 atom stereocenters. The van der Waals surface area contributed by atoms with Crippen molar-refractivity contribution >= 4 is 24.3 Å². The van der Waals surface area contributed by atoms with Crippen molar-refractivity contribution in [3.8, 4) is 0 Å². The highest BCUT2D eigenvalue weighted by Gasteiger charge is 2.41. The lowest BCUT2D eigenvalue weighted by atomic mass is 9.87. The molecule has 1 aliphatic heterocycles. The molecule has 0 aliphatic carbocycles. The Morgan fingerprint density at radius 1 is 1.25 bits per heavy atom. The maximum atomic E-state index is 12.8. The average Bonchev–Trinajstić information content (AvgIpc) is 3.20. The zero-order valence-corrected chi connectivity index (χ0v) is 15.7. The predicted molar refractivity (Wildman–Crippen MR) is 98.1 cm³/mol. The van der Waals surface area contributed by atoms with Crippen LogP contribution in [0.4, 0.5) is 19.1 Å². The van der Waals surface area contributed by atoms with Gasteiger partial charge in [0.2, 0.25) is 11.9 Å². The van der Waals surface area contributed by atoms with Gasteiger partial charge in [0, 0.05) is 31.7 Å². The van der Waals surface area contributed by atoms with E-state index in [2.05, 4.69) is 31.0 Å². The Morgan fingerprint density at radius 2 is 2.00 bits per heavy atom. The molecule has 8 nitrogen and oxygen atoms in total. The molecule has 12 heteroatoms. The number of nitrogens with zero attached hydrogens (tertiary/aromatic N) is 4. The van der Waals surface area contributed by atoms with Crippen LogP contribution in [-0.4, -0.2) is 51.8 Å². The molecule has 0 spiro atoms. The van der Waals surface area contributed by atoms with Crippen LogP contribution >= 0.6 is 12.4 Å². The first-order valence-electron chi connectivity index (χ1n) is 8.55. The van der Waals surface area contributed by atoms with E-state index < -0.39 is 17.4 Å². The van der Waals surface area contributed by atoms with Crippen molar-refractivity contribution in [2.45, 2.75) is 24.6 Å². The van der Waals surface area contributed by atoms with E-state index in [4.69, 9.17) is 0 Å². The smallest absolute Gasteiger partial charge is 0.352 e. The fourth-order valence-electron chi connectivity index (χ4n) is 3.04. The summed E-state index contributed by atoms with van der Waals surface area (Å²) in [5.74, 6) is -0.304. The molecule has 2 aromatic heterocycles. The molecule has 0 saturated carbocycles. The number of nitrogens with one attached hydrogen (secondary N) is 3. The van der Waals surface area contributed by atoms with Crippen molar-refractivity contribution in [1.82, 2.24) is 30.4 Å². The molecule has 1 aliphatic rings. The SMILES string of the molecule is Cl.O=C(NCCNc1nccc(C(F)(F)F)n1)C1(n2cccn2)CCNCC1. The summed E-state index contributed by atoms with van der Waals surface area (Å²) in [6.07, 6.45) is 1.11. The Hall–Kier alpha value is -2.40. The summed E-state index contributed by atoms with van der Waals surface area (Å²) in [7, 11) is 0. The van der Waals surface area contributed by atoms with Crippen LogP contribution in [0, 0.1) is 0 Å². The zero-order chi connectivity index (χ0) is 19.3. The second-order valence-electron chi connectivity index (χ2n) is 6.18. The van der Waals surface area contributed by atoms with Gasteiger partial charge in [0.05, 0.1) is 0 Å². The molecule has 154 valence electrons. The number of halogens is 4. The van der Waals surface area contributed by atoms with E-state index in [0.717, 1.165) is 12.3 Å². The lowest BCUT2D eigenvalue weighted by Gasteiger charge is -2.36. The second-order valence-corrected chi connectivity index (χ2v) is 6.18. The number of rotatable bonds is 6. The van der Waals surface area contributed by atoms with Crippen LogP contribution in [0.2, 0.25) is 0 Å². The molecule has 3 heterocycles. The minimum absolute atomic E-state index is 0. The first kappa shape index (κ1) is 21.9. The highest BCUT2D eigenvalue weighted by atomic mass is 35.5. The average molecular weight is 420 g/mol. The molecular formula is C16H21ClF3N7O. The fraction of sp³-hybridized carbons (Fsp3) is 0.500. The minimum atomic E-state index is -4.53. The normalized spacial score (nSPS) is 16.1. The number of piperidine rings is 1. The molecular weight excluding hydrogens is 399 g/mol. The molecule has 0 unspecified atom stereocenters. The van der Waals surface area contributed by atoms with Crippen LogP contribution in [0.1, 0.15) is 18.5 Å². The molecule has 2 aromatic rings. The van der Waals surface area contributed by atoms with Crippen molar-refractivity contribution in [2.75, 3.05) is 31.5 Å². The van der Waals surface area contributed by atoms with E-state index in [1.165, 1.54) is 0 Å². The van der Waals surface area contributed by atoms with Gasteiger partial charge in [0.15, 0.2) is 0 Å². The van der Waals surface area contributed by atoms with E-state index in [0.29, 0.717) is 25.9 Å². The number of hydrogen-bond acceptors (Lipinski definition) is 6. The summed E-state index contributed by atoms with van der Waals surface area (Å²) >= 11 is 0. The van der Waals surface area contributed by atoms with Gasteiger partial charge in [-0.1, -0.05) is 0 Å². The van der Waals surface area contributed by atoms with Crippen molar-refractivity contribution in [1.29, 1.82) is 0 Å². The quantitative estimate of drug-likeness (QED) is 0.613. The number of alkyl halides is 3. The van der Waals surface area contributed by atoms with Gasteiger partial charge in [-0.3, -0.25) is 9.48 Å². The highest BCUT2D eigenvalue weighted by Crippen LogP contribution is 2.28. The molecule has 1 saturated heterocycles. The summed E-state index contributed by atoms with van der Waals surface area (Å²) in [5, 5.41) is 13.0. The maximum Gasteiger partial charge on any atom is 0.433 e. The summed E-state index contributed by atoms with van der Waals surface area (Å²) in [4.78, 5) is 20.0.